The summed E-state index contributed by atoms with van der Waals surface area (Å²) < 4.78 is 0. The highest BCUT2D eigenvalue weighted by Crippen LogP contribution is 2.35. The lowest BCUT2D eigenvalue weighted by molar-refractivity contribution is -0.121. The van der Waals surface area contributed by atoms with Crippen LogP contribution >= 0.6 is 0 Å². The van der Waals surface area contributed by atoms with Gasteiger partial charge in [-0.3, -0.25) is 9.69 Å². The quantitative estimate of drug-likeness (QED) is 0.236. The average Bonchev–Trinajstić information content (AvgIpc) is 2.99. The highest BCUT2D eigenvalue weighted by Gasteiger charge is 2.22. The predicted molar refractivity (Wildman–Crippen MR) is 163 cm³/mol. The van der Waals surface area contributed by atoms with Gasteiger partial charge in [-0.15, -0.1) is 0 Å². The molecule has 0 aromatic heterocycles. The van der Waals surface area contributed by atoms with E-state index in [9.17, 15) is 4.79 Å². The van der Waals surface area contributed by atoms with E-state index in [0.717, 1.165) is 55.2 Å². The zero-order valence-electron chi connectivity index (χ0n) is 23.3. The molecule has 1 saturated heterocycles. The average molecular weight is 518 g/mol. The van der Waals surface area contributed by atoms with Crippen LogP contribution in [0.3, 0.4) is 0 Å². The van der Waals surface area contributed by atoms with Crippen molar-refractivity contribution in [2.75, 3.05) is 29.9 Å². The Bertz CT molecular complexity index is 1300. The van der Waals surface area contributed by atoms with Gasteiger partial charge in [-0.25, -0.2) is 0 Å². The third-order valence-corrected chi connectivity index (χ3v) is 7.77. The Balaban J connectivity index is 1.22. The fraction of sp³-hybridized carbons (Fsp3) is 0.286. The Hall–Kier alpha value is -3.89. The first-order valence-electron chi connectivity index (χ1n) is 14.1. The van der Waals surface area contributed by atoms with Gasteiger partial charge in [-0.05, 0) is 91.5 Å². The van der Waals surface area contributed by atoms with Gasteiger partial charge in [0.2, 0.25) is 5.91 Å². The number of hydrogen-bond acceptors (Lipinski definition) is 3. The van der Waals surface area contributed by atoms with E-state index in [-0.39, 0.29) is 11.8 Å². The van der Waals surface area contributed by atoms with Gasteiger partial charge in [0.15, 0.2) is 0 Å². The first-order valence-corrected chi connectivity index (χ1v) is 14.1. The van der Waals surface area contributed by atoms with Crippen molar-refractivity contribution in [1.82, 2.24) is 4.90 Å². The largest absolute Gasteiger partial charge is 0.315 e. The summed E-state index contributed by atoms with van der Waals surface area (Å²) in [6.07, 6.45) is 2.28. The molecule has 1 aliphatic rings. The maximum atomic E-state index is 12.5. The van der Waals surface area contributed by atoms with Crippen LogP contribution in [0.2, 0.25) is 0 Å². The summed E-state index contributed by atoms with van der Waals surface area (Å²) in [5.41, 5.74) is 7.16. The number of carbonyl (C=O) groups is 1. The van der Waals surface area contributed by atoms with E-state index in [1.165, 1.54) is 11.1 Å². The second-order valence-electron chi connectivity index (χ2n) is 10.9. The van der Waals surface area contributed by atoms with Crippen LogP contribution in [0.5, 0.6) is 0 Å². The summed E-state index contributed by atoms with van der Waals surface area (Å²) >= 11 is 0. The summed E-state index contributed by atoms with van der Waals surface area (Å²) in [6.45, 7) is 7.04. The SMILES string of the molecule is CC(C)C(=O)N(C)c1cccc(C2CCN(Cc3ccc(N(c4ccccc4)c4ccccc4)cc3)CC2)c1. The number of rotatable bonds is 8. The van der Waals surface area contributed by atoms with Crippen molar-refractivity contribution in [3.05, 3.63) is 120 Å². The normalized spacial score (nSPS) is 14.4. The fourth-order valence-electron chi connectivity index (χ4n) is 5.54. The fourth-order valence-corrected chi connectivity index (χ4v) is 5.54. The first kappa shape index (κ1) is 26.7. The molecule has 1 amide bonds. The number of benzene rings is 4. The van der Waals surface area contributed by atoms with Gasteiger partial charge in [-0.2, -0.15) is 0 Å². The minimum Gasteiger partial charge on any atom is -0.315 e. The van der Waals surface area contributed by atoms with Crippen molar-refractivity contribution in [3.63, 3.8) is 0 Å². The second kappa shape index (κ2) is 12.3. The van der Waals surface area contributed by atoms with Crippen molar-refractivity contribution < 1.29 is 4.79 Å². The predicted octanol–water partition coefficient (Wildman–Crippen LogP) is 8.15. The molecule has 0 radical (unpaired) electrons. The molecule has 1 fully saturated rings. The number of amides is 1. The summed E-state index contributed by atoms with van der Waals surface area (Å²) in [5.74, 6) is 0.691. The van der Waals surface area contributed by atoms with E-state index in [1.54, 1.807) is 4.90 Å². The Morgan fingerprint density at radius 3 is 1.85 bits per heavy atom. The van der Waals surface area contributed by atoms with E-state index in [4.69, 9.17) is 0 Å². The molecule has 39 heavy (non-hydrogen) atoms. The highest BCUT2D eigenvalue weighted by molar-refractivity contribution is 5.94. The number of likely N-dealkylation sites (tertiary alicyclic amines) is 1. The van der Waals surface area contributed by atoms with Crippen molar-refractivity contribution in [2.45, 2.75) is 39.2 Å². The molecule has 0 spiro atoms. The molecular weight excluding hydrogens is 478 g/mol. The van der Waals surface area contributed by atoms with Crippen LogP contribution in [0, 0.1) is 5.92 Å². The minimum atomic E-state index is -0.00397. The zero-order chi connectivity index (χ0) is 27.2. The monoisotopic (exact) mass is 517 g/mol. The van der Waals surface area contributed by atoms with Crippen molar-refractivity contribution in [2.24, 2.45) is 5.92 Å². The number of piperidine rings is 1. The summed E-state index contributed by atoms with van der Waals surface area (Å²) in [5, 5.41) is 0. The van der Waals surface area contributed by atoms with Crippen LogP contribution in [0.1, 0.15) is 43.7 Å². The topological polar surface area (TPSA) is 26.8 Å². The molecule has 5 rings (SSSR count). The Morgan fingerprint density at radius 2 is 1.28 bits per heavy atom. The smallest absolute Gasteiger partial charge is 0.229 e. The molecule has 200 valence electrons. The van der Waals surface area contributed by atoms with Crippen molar-refractivity contribution in [1.29, 1.82) is 0 Å². The maximum absolute atomic E-state index is 12.5. The van der Waals surface area contributed by atoms with Gasteiger partial charge in [0.25, 0.3) is 0 Å². The molecule has 4 nitrogen and oxygen atoms in total. The van der Waals surface area contributed by atoms with Crippen LogP contribution in [-0.4, -0.2) is 30.9 Å². The van der Waals surface area contributed by atoms with Gasteiger partial charge in [-0.1, -0.05) is 74.5 Å². The second-order valence-corrected chi connectivity index (χ2v) is 10.9. The molecule has 0 unspecified atom stereocenters. The molecule has 0 saturated carbocycles. The zero-order valence-corrected chi connectivity index (χ0v) is 23.3. The molecule has 0 N–H and O–H groups in total. The van der Waals surface area contributed by atoms with Gasteiger partial charge >= 0.3 is 0 Å². The van der Waals surface area contributed by atoms with Crippen LogP contribution in [0.15, 0.2) is 109 Å². The lowest BCUT2D eigenvalue weighted by Crippen LogP contribution is -2.33. The number of hydrogen-bond donors (Lipinski definition) is 0. The van der Waals surface area contributed by atoms with Gasteiger partial charge < -0.3 is 9.80 Å². The summed E-state index contributed by atoms with van der Waals surface area (Å²) in [6, 6.07) is 38.7. The maximum Gasteiger partial charge on any atom is 0.229 e. The molecule has 0 aliphatic carbocycles. The summed E-state index contributed by atoms with van der Waals surface area (Å²) in [7, 11) is 1.88. The molecule has 0 bridgehead atoms. The standard InChI is InChI=1S/C35H39N3O/c1-27(2)35(39)36(3)34-16-10-11-30(25-34)29-21-23-37(24-22-29)26-28-17-19-33(20-18-28)38(31-12-6-4-7-13-31)32-14-8-5-9-15-32/h4-20,25,27,29H,21-24,26H2,1-3H3. The van der Waals surface area contributed by atoms with Crippen molar-refractivity contribution >= 4 is 28.7 Å². The van der Waals surface area contributed by atoms with Crippen LogP contribution in [0.25, 0.3) is 0 Å². The van der Waals surface area contributed by atoms with Gasteiger partial charge in [0.05, 0.1) is 0 Å². The Morgan fingerprint density at radius 1 is 0.744 bits per heavy atom. The molecule has 1 aliphatic heterocycles. The van der Waals surface area contributed by atoms with Crippen molar-refractivity contribution in [3.8, 4) is 0 Å². The lowest BCUT2D eigenvalue weighted by Gasteiger charge is -2.33. The van der Waals surface area contributed by atoms with E-state index in [2.05, 4.69) is 113 Å². The lowest BCUT2D eigenvalue weighted by atomic mass is 9.89. The molecule has 4 heteroatoms. The molecule has 1 heterocycles. The molecular formula is C35H39N3O. The third-order valence-electron chi connectivity index (χ3n) is 7.77. The van der Waals surface area contributed by atoms with Crippen LogP contribution in [0.4, 0.5) is 22.7 Å². The molecule has 4 aromatic rings. The molecule has 4 aromatic carbocycles. The summed E-state index contributed by atoms with van der Waals surface area (Å²) in [4.78, 5) is 19.1. The Labute approximate surface area is 233 Å². The molecule has 0 atom stereocenters. The van der Waals surface area contributed by atoms with E-state index in [1.807, 2.05) is 27.0 Å². The highest BCUT2D eigenvalue weighted by atomic mass is 16.2. The number of para-hydroxylation sites is 2. The first-order chi connectivity index (χ1) is 19.0. The van der Waals surface area contributed by atoms with Gasteiger partial charge in [0.1, 0.15) is 0 Å². The Kier molecular flexibility index (Phi) is 8.43. The van der Waals surface area contributed by atoms with Crippen LogP contribution < -0.4 is 9.80 Å². The van der Waals surface area contributed by atoms with E-state index >= 15 is 0 Å². The third kappa shape index (κ3) is 6.40. The number of carbonyl (C=O) groups excluding carboxylic acids is 1. The van der Waals surface area contributed by atoms with E-state index < -0.39 is 0 Å². The van der Waals surface area contributed by atoms with Gasteiger partial charge in [0, 0.05) is 42.3 Å². The van der Waals surface area contributed by atoms with E-state index in [0.29, 0.717) is 5.92 Å². The number of nitrogens with zero attached hydrogens (tertiary/aromatic N) is 3. The number of anilines is 4. The minimum absolute atomic E-state index is 0.00397. The van der Waals surface area contributed by atoms with Crippen LogP contribution in [-0.2, 0) is 11.3 Å².